The number of thiophene rings is 1. The number of aliphatic imine (C=N–C) groups is 1. The van der Waals surface area contributed by atoms with Gasteiger partial charge in [-0.05, 0) is 18.4 Å². The Balaban J connectivity index is 0.00000441. The maximum atomic E-state index is 12.0. The Bertz CT molecular complexity index is 559. The number of hydrogen-bond donors (Lipinski definition) is 3. The van der Waals surface area contributed by atoms with Gasteiger partial charge in [0.05, 0.1) is 18.4 Å². The van der Waals surface area contributed by atoms with E-state index in [-0.39, 0.29) is 40.5 Å². The van der Waals surface area contributed by atoms with Crippen molar-refractivity contribution < 1.29 is 13.5 Å². The highest BCUT2D eigenvalue weighted by atomic mass is 127. The van der Waals surface area contributed by atoms with E-state index in [0.717, 1.165) is 11.3 Å². The molecule has 0 aliphatic heterocycles. The van der Waals surface area contributed by atoms with E-state index in [1.165, 1.54) is 6.07 Å². The number of rotatable bonds is 8. The van der Waals surface area contributed by atoms with E-state index in [0.29, 0.717) is 19.0 Å². The highest BCUT2D eigenvalue weighted by molar-refractivity contribution is 14.0. The Morgan fingerprint density at radius 1 is 1.55 bits per heavy atom. The molecule has 3 N–H and O–H groups in total. The number of guanidine groups is 1. The molecule has 126 valence electrons. The van der Waals surface area contributed by atoms with Gasteiger partial charge in [0.2, 0.25) is 0 Å². The zero-order valence-corrected chi connectivity index (χ0v) is 16.3. The van der Waals surface area contributed by atoms with E-state index < -0.39 is 15.9 Å². The van der Waals surface area contributed by atoms with Crippen LogP contribution in [0, 0.1) is 0 Å². The smallest absolute Gasteiger partial charge is 0.191 e. The molecule has 1 atom stereocenters. The maximum absolute atomic E-state index is 12.0. The van der Waals surface area contributed by atoms with Crippen LogP contribution in [-0.2, 0) is 9.84 Å². The third kappa shape index (κ3) is 7.56. The van der Waals surface area contributed by atoms with E-state index in [1.807, 2.05) is 6.92 Å². The SMILES string of the molecule is C=CCNC(=NCC(O)CS(=O)(=O)c1cccs1)NCC.I. The van der Waals surface area contributed by atoms with Crippen molar-refractivity contribution in [2.24, 2.45) is 4.99 Å². The molecule has 0 saturated heterocycles. The fourth-order valence-electron chi connectivity index (χ4n) is 1.54. The van der Waals surface area contributed by atoms with Gasteiger partial charge in [0.1, 0.15) is 4.21 Å². The summed E-state index contributed by atoms with van der Waals surface area (Å²) in [7, 11) is -3.45. The molecule has 0 aliphatic carbocycles. The molecular weight excluding hydrogens is 437 g/mol. The molecule has 0 fully saturated rings. The lowest BCUT2D eigenvalue weighted by Crippen LogP contribution is -2.38. The Labute approximate surface area is 152 Å². The molecule has 1 rings (SSSR count). The highest BCUT2D eigenvalue weighted by Gasteiger charge is 2.20. The van der Waals surface area contributed by atoms with Crippen molar-refractivity contribution in [3.8, 4) is 0 Å². The normalized spacial score (nSPS) is 13.1. The Morgan fingerprint density at radius 3 is 2.82 bits per heavy atom. The highest BCUT2D eigenvalue weighted by Crippen LogP contribution is 2.18. The zero-order chi connectivity index (χ0) is 15.7. The molecule has 0 saturated carbocycles. The van der Waals surface area contributed by atoms with Gasteiger partial charge in [-0.15, -0.1) is 41.9 Å². The van der Waals surface area contributed by atoms with Gasteiger partial charge < -0.3 is 15.7 Å². The quantitative estimate of drug-likeness (QED) is 0.236. The van der Waals surface area contributed by atoms with Gasteiger partial charge in [-0.3, -0.25) is 4.99 Å². The molecule has 0 aromatic carbocycles. The van der Waals surface area contributed by atoms with Crippen molar-refractivity contribution in [3.63, 3.8) is 0 Å². The summed E-state index contributed by atoms with van der Waals surface area (Å²) in [6, 6.07) is 3.20. The van der Waals surface area contributed by atoms with Crippen LogP contribution >= 0.6 is 35.3 Å². The van der Waals surface area contributed by atoms with Crippen LogP contribution in [0.4, 0.5) is 0 Å². The number of aliphatic hydroxyl groups excluding tert-OH is 1. The second-order valence-electron chi connectivity index (χ2n) is 4.26. The third-order valence-electron chi connectivity index (χ3n) is 2.43. The predicted octanol–water partition coefficient (Wildman–Crippen LogP) is 1.24. The monoisotopic (exact) mass is 459 g/mol. The predicted molar refractivity (Wildman–Crippen MR) is 102 cm³/mol. The summed E-state index contributed by atoms with van der Waals surface area (Å²) in [5.41, 5.74) is 0. The first-order valence-corrected chi connectivity index (χ1v) is 9.10. The Hall–Kier alpha value is -0.650. The van der Waals surface area contributed by atoms with Crippen LogP contribution in [0.1, 0.15) is 6.92 Å². The fourth-order valence-corrected chi connectivity index (χ4v) is 4.00. The van der Waals surface area contributed by atoms with E-state index in [4.69, 9.17) is 0 Å². The van der Waals surface area contributed by atoms with Crippen molar-refractivity contribution in [3.05, 3.63) is 30.2 Å². The van der Waals surface area contributed by atoms with Crippen LogP contribution in [0.2, 0.25) is 0 Å². The molecule has 0 spiro atoms. The average Bonchev–Trinajstić information content (AvgIpc) is 2.96. The van der Waals surface area contributed by atoms with Crippen LogP contribution in [0.5, 0.6) is 0 Å². The van der Waals surface area contributed by atoms with E-state index in [1.54, 1.807) is 17.5 Å². The second kappa shape index (κ2) is 11.0. The number of sulfone groups is 1. The zero-order valence-electron chi connectivity index (χ0n) is 12.4. The van der Waals surface area contributed by atoms with Crippen LogP contribution in [0.25, 0.3) is 0 Å². The average molecular weight is 459 g/mol. The standard InChI is InChI=1S/C13H21N3O3S2.HI/c1-3-7-15-13(14-4-2)16-9-11(17)10-21(18,19)12-6-5-8-20-12;/h3,5-6,8,11,17H,1,4,7,9-10H2,2H3,(H2,14,15,16);1H. The topological polar surface area (TPSA) is 90.8 Å². The molecule has 1 unspecified atom stereocenters. The largest absolute Gasteiger partial charge is 0.390 e. The van der Waals surface area contributed by atoms with Crippen molar-refractivity contribution in [1.82, 2.24) is 10.6 Å². The summed E-state index contributed by atoms with van der Waals surface area (Å²) in [6.45, 7) is 6.73. The summed E-state index contributed by atoms with van der Waals surface area (Å²) in [4.78, 5) is 4.15. The Morgan fingerprint density at radius 2 is 2.27 bits per heavy atom. The number of nitrogens with one attached hydrogen (secondary N) is 2. The first kappa shape index (κ1) is 21.4. The van der Waals surface area contributed by atoms with Gasteiger partial charge in [0.15, 0.2) is 15.8 Å². The van der Waals surface area contributed by atoms with Crippen molar-refractivity contribution >= 4 is 51.1 Å². The van der Waals surface area contributed by atoms with E-state index in [2.05, 4.69) is 22.2 Å². The molecule has 0 radical (unpaired) electrons. The van der Waals surface area contributed by atoms with Crippen LogP contribution in [-0.4, -0.2) is 51.0 Å². The molecule has 0 amide bonds. The summed E-state index contributed by atoms with van der Waals surface area (Å²) < 4.78 is 24.3. The lowest BCUT2D eigenvalue weighted by Gasteiger charge is -2.12. The summed E-state index contributed by atoms with van der Waals surface area (Å²) in [5.74, 6) is 0.183. The minimum Gasteiger partial charge on any atom is -0.390 e. The Kier molecular flexibility index (Phi) is 10.6. The first-order valence-electron chi connectivity index (χ1n) is 6.57. The van der Waals surface area contributed by atoms with Crippen LogP contribution < -0.4 is 10.6 Å². The van der Waals surface area contributed by atoms with Gasteiger partial charge >= 0.3 is 0 Å². The van der Waals surface area contributed by atoms with Gasteiger partial charge in [0.25, 0.3) is 0 Å². The maximum Gasteiger partial charge on any atom is 0.191 e. The van der Waals surface area contributed by atoms with Gasteiger partial charge in [-0.1, -0.05) is 12.1 Å². The molecule has 22 heavy (non-hydrogen) atoms. The van der Waals surface area contributed by atoms with Crippen molar-refractivity contribution in [1.29, 1.82) is 0 Å². The number of hydrogen-bond acceptors (Lipinski definition) is 5. The summed E-state index contributed by atoms with van der Waals surface area (Å²) >= 11 is 1.14. The summed E-state index contributed by atoms with van der Waals surface area (Å²) in [6.07, 6.45) is 0.640. The number of halogens is 1. The first-order chi connectivity index (χ1) is 9.99. The van der Waals surface area contributed by atoms with Crippen molar-refractivity contribution in [2.75, 3.05) is 25.4 Å². The molecule has 6 nitrogen and oxygen atoms in total. The van der Waals surface area contributed by atoms with Crippen LogP contribution in [0.3, 0.4) is 0 Å². The lowest BCUT2D eigenvalue weighted by molar-refractivity contribution is 0.206. The summed E-state index contributed by atoms with van der Waals surface area (Å²) in [5, 5.41) is 17.5. The number of aliphatic hydroxyl groups is 1. The lowest BCUT2D eigenvalue weighted by atomic mass is 10.4. The van der Waals surface area contributed by atoms with Crippen LogP contribution in [0.15, 0.2) is 39.4 Å². The van der Waals surface area contributed by atoms with Gasteiger partial charge in [0, 0.05) is 13.1 Å². The van der Waals surface area contributed by atoms with Crippen molar-refractivity contribution in [2.45, 2.75) is 17.2 Å². The third-order valence-corrected chi connectivity index (χ3v) is 5.72. The number of nitrogens with zero attached hydrogens (tertiary/aromatic N) is 1. The van der Waals surface area contributed by atoms with E-state index in [9.17, 15) is 13.5 Å². The molecule has 0 bridgehead atoms. The minimum absolute atomic E-state index is 0. The molecule has 0 aliphatic rings. The molecule has 1 heterocycles. The molecule has 1 aromatic rings. The molecule has 1 aromatic heterocycles. The van der Waals surface area contributed by atoms with Gasteiger partial charge in [-0.2, -0.15) is 0 Å². The van der Waals surface area contributed by atoms with E-state index >= 15 is 0 Å². The minimum atomic E-state index is -3.45. The molecular formula is C13H22IN3O3S2. The van der Waals surface area contributed by atoms with Gasteiger partial charge in [-0.25, -0.2) is 8.42 Å². The fraction of sp³-hybridized carbons (Fsp3) is 0.462. The molecule has 9 heteroatoms. The second-order valence-corrected chi connectivity index (χ2v) is 7.47.